The van der Waals surface area contributed by atoms with Crippen molar-refractivity contribution in [3.8, 4) is 0 Å². The molecule has 1 N–H and O–H groups in total. The van der Waals surface area contributed by atoms with E-state index < -0.39 is 0 Å². The first-order chi connectivity index (χ1) is 9.60. The van der Waals surface area contributed by atoms with Crippen molar-refractivity contribution < 1.29 is 9.66 Å². The summed E-state index contributed by atoms with van der Waals surface area (Å²) in [4.78, 5) is 10.6. The Kier molecular flexibility index (Phi) is 7.18. The Bertz CT molecular complexity index is 435. The van der Waals surface area contributed by atoms with E-state index in [4.69, 9.17) is 4.74 Å². The summed E-state index contributed by atoms with van der Waals surface area (Å²) in [5, 5.41) is 14.4. The van der Waals surface area contributed by atoms with Crippen molar-refractivity contribution in [3.05, 3.63) is 39.4 Å². The second-order valence-corrected chi connectivity index (χ2v) is 4.96. The van der Waals surface area contributed by atoms with Gasteiger partial charge in [-0.25, -0.2) is 0 Å². The number of ether oxygens (including phenoxy) is 1. The van der Waals surface area contributed by atoms with Crippen LogP contribution in [0.15, 0.2) is 18.2 Å². The first kappa shape index (κ1) is 16.6. The number of nitrogens with zero attached hydrogens (tertiary/aromatic N) is 1. The molecule has 0 aliphatic rings. The van der Waals surface area contributed by atoms with Gasteiger partial charge in [0, 0.05) is 24.8 Å². The molecule has 0 heterocycles. The molecule has 0 saturated heterocycles. The van der Waals surface area contributed by atoms with Gasteiger partial charge in [0.15, 0.2) is 0 Å². The minimum absolute atomic E-state index is 0.201. The standard InChI is InChI=1S/C15H24N2O3/c1-4-10-16-14(11-20-3)9-8-13-6-5-7-15(12(13)2)17(18)19/h5-7,14,16H,4,8-11H2,1-3H3. The van der Waals surface area contributed by atoms with E-state index in [-0.39, 0.29) is 10.6 Å². The van der Waals surface area contributed by atoms with Gasteiger partial charge in [0.2, 0.25) is 0 Å². The topological polar surface area (TPSA) is 64.4 Å². The fraction of sp³-hybridized carbons (Fsp3) is 0.600. The Morgan fingerprint density at radius 3 is 2.80 bits per heavy atom. The molecule has 0 bridgehead atoms. The molecule has 1 aromatic carbocycles. The minimum atomic E-state index is -0.319. The maximum Gasteiger partial charge on any atom is 0.272 e. The van der Waals surface area contributed by atoms with Crippen LogP contribution in [0.25, 0.3) is 0 Å². The number of aryl methyl sites for hydroxylation is 1. The van der Waals surface area contributed by atoms with Gasteiger partial charge in [0.25, 0.3) is 5.69 Å². The summed E-state index contributed by atoms with van der Waals surface area (Å²) in [6.07, 6.45) is 2.81. The lowest BCUT2D eigenvalue weighted by Crippen LogP contribution is -2.34. The van der Waals surface area contributed by atoms with Crippen LogP contribution < -0.4 is 5.32 Å². The Balaban J connectivity index is 2.67. The molecule has 20 heavy (non-hydrogen) atoms. The lowest BCUT2D eigenvalue weighted by atomic mass is 10.00. The predicted octanol–water partition coefficient (Wildman–Crippen LogP) is 2.85. The van der Waals surface area contributed by atoms with Crippen molar-refractivity contribution >= 4 is 5.69 Å². The highest BCUT2D eigenvalue weighted by atomic mass is 16.6. The van der Waals surface area contributed by atoms with Crippen LogP contribution in [-0.4, -0.2) is 31.2 Å². The van der Waals surface area contributed by atoms with Gasteiger partial charge in [-0.1, -0.05) is 19.1 Å². The largest absolute Gasteiger partial charge is 0.383 e. The van der Waals surface area contributed by atoms with Crippen molar-refractivity contribution in [1.29, 1.82) is 0 Å². The smallest absolute Gasteiger partial charge is 0.272 e. The molecule has 0 spiro atoms. The number of nitrogens with one attached hydrogen (secondary N) is 1. The van der Waals surface area contributed by atoms with Crippen molar-refractivity contribution in [1.82, 2.24) is 5.32 Å². The van der Waals surface area contributed by atoms with E-state index in [2.05, 4.69) is 12.2 Å². The average molecular weight is 280 g/mol. The fourth-order valence-electron chi connectivity index (χ4n) is 2.26. The molecule has 1 atom stereocenters. The number of nitro groups is 1. The molecule has 5 nitrogen and oxygen atoms in total. The molecule has 0 aliphatic carbocycles. The highest BCUT2D eigenvalue weighted by Gasteiger charge is 2.14. The van der Waals surface area contributed by atoms with E-state index >= 15 is 0 Å². The number of methoxy groups -OCH3 is 1. The summed E-state index contributed by atoms with van der Waals surface area (Å²) in [6.45, 7) is 5.57. The molecule has 0 fully saturated rings. The zero-order valence-corrected chi connectivity index (χ0v) is 12.5. The highest BCUT2D eigenvalue weighted by Crippen LogP contribution is 2.22. The summed E-state index contributed by atoms with van der Waals surface area (Å²) < 4.78 is 5.21. The number of nitro benzene ring substituents is 1. The molecule has 5 heteroatoms. The van der Waals surface area contributed by atoms with E-state index in [1.807, 2.05) is 13.0 Å². The quantitative estimate of drug-likeness (QED) is 0.558. The van der Waals surface area contributed by atoms with Gasteiger partial charge >= 0.3 is 0 Å². The van der Waals surface area contributed by atoms with Gasteiger partial charge in [-0.3, -0.25) is 10.1 Å². The second-order valence-electron chi connectivity index (χ2n) is 4.96. The van der Waals surface area contributed by atoms with Crippen LogP contribution in [0.5, 0.6) is 0 Å². The normalized spacial score (nSPS) is 12.3. The molecule has 0 amide bonds. The number of benzene rings is 1. The Hall–Kier alpha value is -1.46. The molecule has 0 radical (unpaired) electrons. The van der Waals surface area contributed by atoms with Gasteiger partial charge in [0.05, 0.1) is 11.5 Å². The Morgan fingerprint density at radius 1 is 1.45 bits per heavy atom. The van der Waals surface area contributed by atoms with Gasteiger partial charge in [-0.2, -0.15) is 0 Å². The lowest BCUT2D eigenvalue weighted by Gasteiger charge is -2.18. The van der Waals surface area contributed by atoms with Crippen LogP contribution in [0.2, 0.25) is 0 Å². The summed E-state index contributed by atoms with van der Waals surface area (Å²) in [5.74, 6) is 0. The third kappa shape index (κ3) is 4.90. The van der Waals surface area contributed by atoms with Crippen LogP contribution in [0.4, 0.5) is 5.69 Å². The first-order valence-corrected chi connectivity index (χ1v) is 7.05. The third-order valence-corrected chi connectivity index (χ3v) is 3.43. The summed E-state index contributed by atoms with van der Waals surface area (Å²) in [6, 6.07) is 5.57. The van der Waals surface area contributed by atoms with E-state index in [9.17, 15) is 10.1 Å². The molecule has 0 aromatic heterocycles. The van der Waals surface area contributed by atoms with Gasteiger partial charge in [-0.15, -0.1) is 0 Å². The van der Waals surface area contributed by atoms with E-state index in [1.54, 1.807) is 19.2 Å². The summed E-state index contributed by atoms with van der Waals surface area (Å²) >= 11 is 0. The second kappa shape index (κ2) is 8.66. The lowest BCUT2D eigenvalue weighted by molar-refractivity contribution is -0.385. The number of rotatable bonds is 9. The van der Waals surface area contributed by atoms with E-state index in [1.165, 1.54) is 0 Å². The number of hydrogen-bond acceptors (Lipinski definition) is 4. The molecule has 1 aromatic rings. The van der Waals surface area contributed by atoms with Crippen molar-refractivity contribution in [2.24, 2.45) is 0 Å². The minimum Gasteiger partial charge on any atom is -0.383 e. The predicted molar refractivity (Wildman–Crippen MR) is 80.1 cm³/mol. The SMILES string of the molecule is CCCNC(CCc1cccc([N+](=O)[O-])c1C)COC. The van der Waals surface area contributed by atoms with Crippen LogP contribution in [0.3, 0.4) is 0 Å². The monoisotopic (exact) mass is 280 g/mol. The molecule has 1 rings (SSSR count). The molecule has 1 unspecified atom stereocenters. The van der Waals surface area contributed by atoms with Crippen molar-refractivity contribution in [2.45, 2.75) is 39.2 Å². The fourth-order valence-corrected chi connectivity index (χ4v) is 2.26. The van der Waals surface area contributed by atoms with Gasteiger partial charge < -0.3 is 10.1 Å². The van der Waals surface area contributed by atoms with E-state index in [0.29, 0.717) is 12.6 Å². The van der Waals surface area contributed by atoms with Crippen molar-refractivity contribution in [3.63, 3.8) is 0 Å². The average Bonchev–Trinajstić information content (AvgIpc) is 2.42. The third-order valence-electron chi connectivity index (χ3n) is 3.43. The van der Waals surface area contributed by atoms with E-state index in [0.717, 1.165) is 36.9 Å². The molecule has 112 valence electrons. The maximum absolute atomic E-state index is 10.9. The summed E-state index contributed by atoms with van der Waals surface area (Å²) in [7, 11) is 1.69. The molecular formula is C15H24N2O3. The van der Waals surface area contributed by atoms with Crippen LogP contribution in [-0.2, 0) is 11.2 Å². The molecule has 0 aliphatic heterocycles. The molecule has 0 saturated carbocycles. The molecular weight excluding hydrogens is 256 g/mol. The Labute approximate surface area is 120 Å². The van der Waals surface area contributed by atoms with Gasteiger partial charge in [0.1, 0.15) is 0 Å². The van der Waals surface area contributed by atoms with Crippen LogP contribution >= 0.6 is 0 Å². The van der Waals surface area contributed by atoms with Crippen LogP contribution in [0, 0.1) is 17.0 Å². The zero-order chi connectivity index (χ0) is 15.0. The zero-order valence-electron chi connectivity index (χ0n) is 12.5. The maximum atomic E-state index is 10.9. The van der Waals surface area contributed by atoms with Crippen LogP contribution in [0.1, 0.15) is 30.9 Å². The van der Waals surface area contributed by atoms with Gasteiger partial charge in [-0.05, 0) is 38.3 Å². The number of hydrogen-bond donors (Lipinski definition) is 1. The van der Waals surface area contributed by atoms with Crippen molar-refractivity contribution in [2.75, 3.05) is 20.3 Å². The Morgan fingerprint density at radius 2 is 2.20 bits per heavy atom. The summed E-state index contributed by atoms with van der Waals surface area (Å²) in [5.41, 5.74) is 2.01. The highest BCUT2D eigenvalue weighted by molar-refractivity contribution is 5.44. The first-order valence-electron chi connectivity index (χ1n) is 7.05.